The Morgan fingerprint density at radius 2 is 1.51 bits per heavy atom. The maximum Gasteiger partial charge on any atom is 0.366 e. The summed E-state index contributed by atoms with van der Waals surface area (Å²) in [6.45, 7) is 4.92. The maximum absolute atomic E-state index is 12.7. The number of carbonyl (C=O) groups is 6. The molecule has 1 aliphatic heterocycles. The van der Waals surface area contributed by atoms with Crippen molar-refractivity contribution in [1.82, 2.24) is 5.32 Å². The average molecular weight is 505 g/mol. The molecule has 1 N–H and O–H groups in total. The van der Waals surface area contributed by atoms with Gasteiger partial charge in [0.15, 0.2) is 12.2 Å². The van der Waals surface area contributed by atoms with Crippen LogP contribution in [0.1, 0.15) is 41.0 Å². The van der Waals surface area contributed by atoms with Crippen LogP contribution in [0, 0.1) is 0 Å². The van der Waals surface area contributed by atoms with Gasteiger partial charge in [0.05, 0.1) is 19.6 Å². The zero-order valence-electron chi connectivity index (χ0n) is 20.6. The molecular weight excluding hydrogens is 474 g/mol. The highest BCUT2D eigenvalue weighted by atomic mass is 16.7. The second-order valence-corrected chi connectivity index (χ2v) is 7.63. The predicted molar refractivity (Wildman–Crippen MR) is 112 cm³/mol. The molecule has 14 heteroatoms. The number of methoxy groups -OCH3 is 2. The van der Waals surface area contributed by atoms with Crippen LogP contribution in [0.3, 0.4) is 0 Å². The molecule has 1 amide bonds. The van der Waals surface area contributed by atoms with Crippen LogP contribution >= 0.6 is 0 Å². The van der Waals surface area contributed by atoms with E-state index in [0.29, 0.717) is 0 Å². The third-order valence-electron chi connectivity index (χ3n) is 4.82. The van der Waals surface area contributed by atoms with Crippen LogP contribution in [0.25, 0.3) is 0 Å². The van der Waals surface area contributed by atoms with E-state index in [1.165, 1.54) is 6.92 Å². The Labute approximate surface area is 201 Å². The highest BCUT2D eigenvalue weighted by Gasteiger charge is 2.58. The molecule has 1 rings (SSSR count). The first-order chi connectivity index (χ1) is 16.3. The van der Waals surface area contributed by atoms with E-state index in [0.717, 1.165) is 41.9 Å². The van der Waals surface area contributed by atoms with Gasteiger partial charge in [0, 0.05) is 41.7 Å². The molecule has 0 saturated carbocycles. The van der Waals surface area contributed by atoms with Crippen molar-refractivity contribution in [2.45, 2.75) is 77.3 Å². The van der Waals surface area contributed by atoms with Crippen molar-refractivity contribution >= 4 is 35.8 Å². The summed E-state index contributed by atoms with van der Waals surface area (Å²) in [5, 5.41) is 2.54. The fourth-order valence-electron chi connectivity index (χ4n) is 3.61. The first-order valence-corrected chi connectivity index (χ1v) is 10.5. The van der Waals surface area contributed by atoms with E-state index < -0.39 is 85.0 Å². The molecule has 0 aromatic rings. The third-order valence-corrected chi connectivity index (χ3v) is 4.82. The lowest BCUT2D eigenvalue weighted by Gasteiger charge is -2.48. The highest BCUT2D eigenvalue weighted by Crippen LogP contribution is 2.36. The van der Waals surface area contributed by atoms with E-state index in [1.54, 1.807) is 0 Å². The Bertz CT molecular complexity index is 828. The van der Waals surface area contributed by atoms with Crippen molar-refractivity contribution in [1.29, 1.82) is 0 Å². The minimum atomic E-state index is -2.17. The molecule has 0 aromatic heterocycles. The fourth-order valence-corrected chi connectivity index (χ4v) is 3.61. The molecule has 0 bridgehead atoms. The maximum atomic E-state index is 12.7. The number of hydrogen-bond acceptors (Lipinski definition) is 13. The SMILES string of the molecule is COC(=O)[C@]1(OC)C[C@@H](OC(C)=O)[C@@H](NC(C)=O)C([C@@H](OC(C)=O)[C@H](COC(C)=O)OC(C)=O)O1. The van der Waals surface area contributed by atoms with Crippen LogP contribution in [0.4, 0.5) is 0 Å². The van der Waals surface area contributed by atoms with Crippen molar-refractivity contribution in [3.05, 3.63) is 0 Å². The molecule has 1 aliphatic rings. The van der Waals surface area contributed by atoms with Crippen molar-refractivity contribution in [2.75, 3.05) is 20.8 Å². The fraction of sp³-hybridized carbons (Fsp3) is 0.714. The smallest absolute Gasteiger partial charge is 0.366 e. The van der Waals surface area contributed by atoms with Crippen LogP contribution < -0.4 is 5.32 Å². The predicted octanol–water partition coefficient (Wildman–Crippen LogP) is -0.846. The molecule has 198 valence electrons. The third kappa shape index (κ3) is 8.47. The summed E-state index contributed by atoms with van der Waals surface area (Å²) in [5.41, 5.74) is 0. The van der Waals surface area contributed by atoms with E-state index in [-0.39, 0.29) is 0 Å². The zero-order valence-corrected chi connectivity index (χ0v) is 20.6. The van der Waals surface area contributed by atoms with Crippen LogP contribution in [0.5, 0.6) is 0 Å². The second-order valence-electron chi connectivity index (χ2n) is 7.63. The summed E-state index contributed by atoms with van der Waals surface area (Å²) in [6, 6.07) is -1.23. The molecule has 0 spiro atoms. The van der Waals surface area contributed by atoms with Crippen LogP contribution in [-0.4, -0.2) is 92.8 Å². The van der Waals surface area contributed by atoms with Crippen LogP contribution in [0.2, 0.25) is 0 Å². The molecule has 1 unspecified atom stereocenters. The van der Waals surface area contributed by atoms with Crippen LogP contribution in [0.15, 0.2) is 0 Å². The summed E-state index contributed by atoms with van der Waals surface area (Å²) in [5.74, 6) is -6.96. The van der Waals surface area contributed by atoms with Gasteiger partial charge >= 0.3 is 29.8 Å². The quantitative estimate of drug-likeness (QED) is 0.287. The Hall–Kier alpha value is -3.26. The molecule has 0 aromatic carbocycles. The van der Waals surface area contributed by atoms with Gasteiger partial charge in [-0.2, -0.15) is 0 Å². The summed E-state index contributed by atoms with van der Waals surface area (Å²) in [6.07, 6.45) is -6.22. The van der Waals surface area contributed by atoms with Crippen molar-refractivity contribution in [3.63, 3.8) is 0 Å². The molecule has 1 fully saturated rings. The lowest BCUT2D eigenvalue weighted by molar-refractivity contribution is -0.307. The molecule has 6 atom stereocenters. The Morgan fingerprint density at radius 1 is 0.914 bits per heavy atom. The molecule has 35 heavy (non-hydrogen) atoms. The van der Waals surface area contributed by atoms with Gasteiger partial charge < -0.3 is 38.5 Å². The summed E-state index contributed by atoms with van der Waals surface area (Å²) < 4.78 is 36.9. The van der Waals surface area contributed by atoms with Gasteiger partial charge in [-0.15, -0.1) is 0 Å². The van der Waals surface area contributed by atoms with Crippen molar-refractivity contribution in [3.8, 4) is 0 Å². The number of esters is 5. The van der Waals surface area contributed by atoms with E-state index in [4.69, 9.17) is 33.2 Å². The van der Waals surface area contributed by atoms with Gasteiger partial charge in [-0.1, -0.05) is 0 Å². The number of nitrogens with one attached hydrogen (secondary N) is 1. The molecule has 0 radical (unpaired) electrons. The summed E-state index contributed by atoms with van der Waals surface area (Å²) >= 11 is 0. The number of amides is 1. The van der Waals surface area contributed by atoms with Crippen molar-refractivity contribution in [2.24, 2.45) is 0 Å². The van der Waals surface area contributed by atoms with Crippen molar-refractivity contribution < 1.29 is 61.9 Å². The molecule has 1 heterocycles. The molecule has 0 aliphatic carbocycles. The lowest BCUT2D eigenvalue weighted by Crippen LogP contribution is -2.69. The second kappa shape index (κ2) is 13.0. The average Bonchev–Trinajstić information content (AvgIpc) is 2.74. The largest absolute Gasteiger partial charge is 0.465 e. The minimum Gasteiger partial charge on any atom is -0.465 e. The van der Waals surface area contributed by atoms with E-state index >= 15 is 0 Å². The standard InChI is InChI=1S/C21H31NO13/c1-10(23)22-17-15(32-12(3)25)8-21(30-7,20(28)29-6)35-19(17)18(34-14(5)27)16(33-13(4)26)9-31-11(2)24/h15-19H,8-9H2,1-7H3,(H,22,23)/t15-,16+,17-,18+,19?,21+/m1/s1. The Balaban J connectivity index is 3.72. The van der Waals surface area contributed by atoms with Gasteiger partial charge in [0.1, 0.15) is 18.8 Å². The highest BCUT2D eigenvalue weighted by molar-refractivity contribution is 5.79. The topological polar surface area (TPSA) is 179 Å². The normalized spacial score (nSPS) is 25.3. The first-order valence-electron chi connectivity index (χ1n) is 10.5. The van der Waals surface area contributed by atoms with E-state index in [9.17, 15) is 28.8 Å². The Morgan fingerprint density at radius 3 is 1.94 bits per heavy atom. The van der Waals surface area contributed by atoms with Gasteiger partial charge in [-0.3, -0.25) is 24.0 Å². The summed E-state index contributed by atoms with van der Waals surface area (Å²) in [7, 11) is 2.19. The van der Waals surface area contributed by atoms with Gasteiger partial charge in [-0.25, -0.2) is 4.79 Å². The minimum absolute atomic E-state index is 0.411. The van der Waals surface area contributed by atoms with Crippen LogP contribution in [-0.2, 0) is 61.9 Å². The van der Waals surface area contributed by atoms with Gasteiger partial charge in [0.2, 0.25) is 5.91 Å². The summed E-state index contributed by atoms with van der Waals surface area (Å²) in [4.78, 5) is 71.8. The zero-order chi connectivity index (χ0) is 26.9. The van der Waals surface area contributed by atoms with E-state index in [1.807, 2.05) is 0 Å². The molecule has 1 saturated heterocycles. The van der Waals surface area contributed by atoms with E-state index in [2.05, 4.69) is 5.32 Å². The number of rotatable bonds is 10. The first kappa shape index (κ1) is 29.8. The lowest BCUT2D eigenvalue weighted by atomic mass is 9.88. The number of carbonyl (C=O) groups excluding carboxylic acids is 6. The monoisotopic (exact) mass is 505 g/mol. The molecular formula is C21H31NO13. The van der Waals surface area contributed by atoms with Gasteiger partial charge in [-0.05, 0) is 0 Å². The number of hydrogen-bond donors (Lipinski definition) is 1. The van der Waals surface area contributed by atoms with Gasteiger partial charge in [0.25, 0.3) is 5.79 Å². The Kier molecular flexibility index (Phi) is 11.1. The molecule has 14 nitrogen and oxygen atoms in total. The number of ether oxygens (including phenoxy) is 7.